The quantitative estimate of drug-likeness (QED) is 0.390. The van der Waals surface area contributed by atoms with E-state index in [1.165, 1.54) is 12.1 Å². The first-order valence-electron chi connectivity index (χ1n) is 12.5. The lowest BCUT2D eigenvalue weighted by Gasteiger charge is -2.19. The van der Waals surface area contributed by atoms with Gasteiger partial charge in [-0.05, 0) is 71.9 Å². The predicted octanol–water partition coefficient (Wildman–Crippen LogP) is 5.14. The lowest BCUT2D eigenvalue weighted by atomic mass is 10.1. The first-order chi connectivity index (χ1) is 18.9. The minimum Gasteiger partial charge on any atom is -0.444 e. The number of aromatic nitrogens is 2. The van der Waals surface area contributed by atoms with Crippen molar-refractivity contribution < 1.29 is 27.1 Å². The molecule has 0 aliphatic heterocycles. The Morgan fingerprint density at radius 1 is 1.07 bits per heavy atom. The van der Waals surface area contributed by atoms with Gasteiger partial charge in [0.25, 0.3) is 5.91 Å². The van der Waals surface area contributed by atoms with Crippen molar-refractivity contribution in [3.05, 3.63) is 64.6 Å². The monoisotopic (exact) mass is 602 g/mol. The van der Waals surface area contributed by atoms with Crippen LogP contribution in [0, 0.1) is 17.7 Å². The molecule has 218 valence electrons. The SMILES string of the molecule is CC(C)(C)NC(=O)c1nn(-c2ccc(C#CCNC(=O)OC(C)(C)C)cc2F)c(-c2ccc(Cl)cc2)c1S(C)(=O)=O. The molecule has 1 heterocycles. The Kier molecular flexibility index (Phi) is 9.20. The van der Waals surface area contributed by atoms with Crippen LogP contribution in [0.3, 0.4) is 0 Å². The Morgan fingerprint density at radius 2 is 1.71 bits per heavy atom. The van der Waals surface area contributed by atoms with E-state index in [-0.39, 0.29) is 28.5 Å². The summed E-state index contributed by atoms with van der Waals surface area (Å²) in [5.41, 5.74) is -1.17. The largest absolute Gasteiger partial charge is 0.444 e. The highest BCUT2D eigenvalue weighted by Gasteiger charge is 2.33. The second-order valence-corrected chi connectivity index (χ2v) is 13.6. The number of carbonyl (C=O) groups excluding carboxylic acids is 2. The third-order valence-corrected chi connectivity index (χ3v) is 6.54. The topological polar surface area (TPSA) is 119 Å². The van der Waals surface area contributed by atoms with E-state index in [4.69, 9.17) is 16.3 Å². The van der Waals surface area contributed by atoms with Crippen molar-refractivity contribution in [3.8, 4) is 28.8 Å². The van der Waals surface area contributed by atoms with Crippen molar-refractivity contribution in [1.29, 1.82) is 0 Å². The van der Waals surface area contributed by atoms with Crippen molar-refractivity contribution in [3.63, 3.8) is 0 Å². The van der Waals surface area contributed by atoms with Crippen LogP contribution in [-0.2, 0) is 14.6 Å². The molecule has 1 aromatic heterocycles. The number of hydrogen-bond acceptors (Lipinski definition) is 6. The molecule has 41 heavy (non-hydrogen) atoms. The van der Waals surface area contributed by atoms with E-state index in [0.29, 0.717) is 16.1 Å². The molecule has 0 bridgehead atoms. The molecule has 0 unspecified atom stereocenters. The van der Waals surface area contributed by atoms with Gasteiger partial charge in [0.05, 0.1) is 12.2 Å². The first-order valence-corrected chi connectivity index (χ1v) is 14.8. The molecule has 0 saturated heterocycles. The van der Waals surface area contributed by atoms with Crippen molar-refractivity contribution in [2.24, 2.45) is 0 Å². The smallest absolute Gasteiger partial charge is 0.408 e. The molecule has 3 aromatic rings. The maximum atomic E-state index is 15.5. The molecule has 2 N–H and O–H groups in total. The average Bonchev–Trinajstić information content (AvgIpc) is 3.21. The van der Waals surface area contributed by atoms with E-state index in [1.54, 1.807) is 65.8 Å². The van der Waals surface area contributed by atoms with Gasteiger partial charge in [-0.1, -0.05) is 35.6 Å². The number of rotatable bonds is 5. The van der Waals surface area contributed by atoms with E-state index in [0.717, 1.165) is 17.0 Å². The van der Waals surface area contributed by atoms with Crippen LogP contribution < -0.4 is 10.6 Å². The number of carbonyl (C=O) groups is 2. The van der Waals surface area contributed by atoms with Gasteiger partial charge in [-0.15, -0.1) is 0 Å². The van der Waals surface area contributed by atoms with Gasteiger partial charge in [-0.2, -0.15) is 5.10 Å². The molecule has 0 aliphatic rings. The van der Waals surface area contributed by atoms with Gasteiger partial charge in [-0.3, -0.25) is 4.79 Å². The highest BCUT2D eigenvalue weighted by Crippen LogP contribution is 2.34. The van der Waals surface area contributed by atoms with Gasteiger partial charge in [-0.25, -0.2) is 22.3 Å². The number of ether oxygens (including phenoxy) is 1. The third-order valence-electron chi connectivity index (χ3n) is 5.16. The van der Waals surface area contributed by atoms with E-state index < -0.39 is 38.8 Å². The van der Waals surface area contributed by atoms with Crippen LogP contribution in [0.1, 0.15) is 57.6 Å². The predicted molar refractivity (Wildman–Crippen MR) is 155 cm³/mol. The Morgan fingerprint density at radius 3 is 2.24 bits per heavy atom. The number of halogens is 2. The fraction of sp³-hybridized carbons (Fsp3) is 0.345. The molecule has 9 nitrogen and oxygen atoms in total. The summed E-state index contributed by atoms with van der Waals surface area (Å²) in [7, 11) is -4.03. The summed E-state index contributed by atoms with van der Waals surface area (Å²) < 4.78 is 47.8. The number of benzene rings is 2. The Bertz CT molecular complexity index is 1640. The molecular weight excluding hydrogens is 571 g/mol. The molecule has 0 saturated carbocycles. The average molecular weight is 603 g/mol. The zero-order valence-electron chi connectivity index (χ0n) is 23.8. The summed E-state index contributed by atoms with van der Waals surface area (Å²) in [4.78, 5) is 24.6. The van der Waals surface area contributed by atoms with E-state index >= 15 is 4.39 Å². The summed E-state index contributed by atoms with van der Waals surface area (Å²) in [5, 5.41) is 9.92. The normalized spacial score (nSPS) is 11.8. The molecule has 2 amide bonds. The zero-order chi connectivity index (χ0) is 30.8. The second kappa shape index (κ2) is 11.9. The van der Waals surface area contributed by atoms with Crippen molar-refractivity contribution in [1.82, 2.24) is 20.4 Å². The van der Waals surface area contributed by atoms with E-state index in [2.05, 4.69) is 27.6 Å². The molecule has 0 fully saturated rings. The van der Waals surface area contributed by atoms with Crippen LogP contribution in [0.5, 0.6) is 0 Å². The van der Waals surface area contributed by atoms with Gasteiger partial charge < -0.3 is 15.4 Å². The number of hydrogen-bond donors (Lipinski definition) is 2. The lowest BCUT2D eigenvalue weighted by Crippen LogP contribution is -2.41. The van der Waals surface area contributed by atoms with Crippen molar-refractivity contribution in [2.75, 3.05) is 12.8 Å². The Balaban J connectivity index is 2.10. The zero-order valence-corrected chi connectivity index (χ0v) is 25.4. The van der Waals surface area contributed by atoms with Crippen molar-refractivity contribution >= 4 is 33.4 Å². The fourth-order valence-electron chi connectivity index (χ4n) is 3.67. The highest BCUT2D eigenvalue weighted by molar-refractivity contribution is 7.91. The van der Waals surface area contributed by atoms with Gasteiger partial charge in [0.2, 0.25) is 0 Å². The molecule has 0 aliphatic carbocycles. The number of nitrogens with zero attached hydrogens (tertiary/aromatic N) is 2. The summed E-state index contributed by atoms with van der Waals surface area (Å²) in [6, 6.07) is 10.3. The number of alkyl carbamates (subject to hydrolysis) is 1. The van der Waals surface area contributed by atoms with Gasteiger partial charge in [0.1, 0.15) is 22.0 Å². The number of amides is 2. The molecule has 3 rings (SSSR count). The molecular formula is C29H32ClFN4O5S. The van der Waals surface area contributed by atoms with E-state index in [9.17, 15) is 18.0 Å². The van der Waals surface area contributed by atoms with Gasteiger partial charge >= 0.3 is 6.09 Å². The number of nitrogens with one attached hydrogen (secondary N) is 2. The van der Waals surface area contributed by atoms with Crippen LogP contribution in [0.2, 0.25) is 5.02 Å². The summed E-state index contributed by atoms with van der Waals surface area (Å²) in [5.74, 6) is 3.98. The van der Waals surface area contributed by atoms with Crippen LogP contribution >= 0.6 is 11.6 Å². The van der Waals surface area contributed by atoms with Crippen molar-refractivity contribution in [2.45, 2.75) is 57.6 Å². The first kappa shape index (κ1) is 31.6. The Labute approximate surface area is 244 Å². The third kappa shape index (κ3) is 8.55. The molecule has 2 aromatic carbocycles. The highest BCUT2D eigenvalue weighted by atomic mass is 35.5. The molecule has 0 radical (unpaired) electrons. The molecule has 0 atom stereocenters. The second-order valence-electron chi connectivity index (χ2n) is 11.2. The fourth-order valence-corrected chi connectivity index (χ4v) is 4.84. The van der Waals surface area contributed by atoms with Crippen LogP contribution in [-0.4, -0.2) is 54.1 Å². The van der Waals surface area contributed by atoms with Crippen LogP contribution in [0.15, 0.2) is 47.4 Å². The Hall–Kier alpha value is -3.88. The molecule has 12 heteroatoms. The van der Waals surface area contributed by atoms with E-state index in [1.807, 2.05) is 0 Å². The standard InChI is InChI=1S/C29H32ClFN4O5S/c1-28(2,3)33-26(36)23-25(41(7,38)39)24(19-11-13-20(30)14-12-19)35(34-23)22-15-10-18(17-21(22)31)9-8-16-32-27(37)40-29(4,5)6/h10-15,17H,16H2,1-7H3,(H,32,37)(H,33,36). The lowest BCUT2D eigenvalue weighted by molar-refractivity contribution is 0.0534. The minimum absolute atomic E-state index is 0.00233. The van der Waals surface area contributed by atoms with Crippen LogP contribution in [0.4, 0.5) is 9.18 Å². The van der Waals surface area contributed by atoms with Crippen LogP contribution in [0.25, 0.3) is 16.9 Å². The van der Waals surface area contributed by atoms with Gasteiger partial charge in [0.15, 0.2) is 15.5 Å². The summed E-state index contributed by atoms with van der Waals surface area (Å²) >= 11 is 6.05. The minimum atomic E-state index is -4.03. The summed E-state index contributed by atoms with van der Waals surface area (Å²) in [6.45, 7) is 10.4. The maximum Gasteiger partial charge on any atom is 0.408 e. The maximum absolute atomic E-state index is 15.5. The number of sulfone groups is 1. The summed E-state index contributed by atoms with van der Waals surface area (Å²) in [6.07, 6.45) is 0.330. The molecule has 0 spiro atoms. The van der Waals surface area contributed by atoms with Gasteiger partial charge in [0, 0.05) is 27.9 Å².